The van der Waals surface area contributed by atoms with Crippen LogP contribution < -0.4 is 21.4 Å². The molecule has 5 rings (SSSR count). The molecular weight excluding hydrogens is 322 g/mol. The van der Waals surface area contributed by atoms with Gasteiger partial charge >= 0.3 is 0 Å². The van der Waals surface area contributed by atoms with Crippen LogP contribution in [-0.2, 0) is 0 Å². The molecule has 5 heterocycles. The number of aromatic nitrogens is 4. The summed E-state index contributed by atoms with van der Waals surface area (Å²) in [6.45, 7) is 0. The van der Waals surface area contributed by atoms with Crippen molar-refractivity contribution in [1.82, 2.24) is 19.9 Å². The molecule has 0 unspecified atom stereocenters. The molecule has 4 aromatic rings. The summed E-state index contributed by atoms with van der Waals surface area (Å²) in [5.74, 6) is 0. The highest BCUT2D eigenvalue weighted by atomic mass is 14.8. The number of nitrogens with zero attached hydrogens (tertiary/aromatic N) is 1. The molecule has 0 fully saturated rings. The van der Waals surface area contributed by atoms with Crippen LogP contribution in [0.1, 0.15) is 22.8 Å². The second-order valence-corrected chi connectivity index (χ2v) is 6.31. The van der Waals surface area contributed by atoms with Crippen molar-refractivity contribution in [2.75, 3.05) is 0 Å². The van der Waals surface area contributed by atoms with Crippen LogP contribution in [0.3, 0.4) is 0 Å². The maximum Gasteiger partial charge on any atom is 0.104 e. The van der Waals surface area contributed by atoms with Gasteiger partial charge in [-0.1, -0.05) is 0 Å². The van der Waals surface area contributed by atoms with Crippen LogP contribution in [0.2, 0.25) is 0 Å². The van der Waals surface area contributed by atoms with Gasteiger partial charge in [0.1, 0.15) is 6.07 Å². The third-order valence-electron chi connectivity index (χ3n) is 4.46. The topological polar surface area (TPSA) is 86.9 Å². The number of fused-ring (bicyclic) bond motifs is 8. The monoisotopic (exact) mass is 337 g/mol. The normalized spacial score (nSPS) is 12.7. The van der Waals surface area contributed by atoms with Crippen molar-refractivity contribution >= 4 is 23.8 Å². The molecule has 124 valence electrons. The minimum absolute atomic E-state index is 0.587. The molecule has 0 saturated heterocycles. The molecule has 4 aromatic heterocycles. The number of aromatic amines is 4. The first-order valence-electron chi connectivity index (χ1n) is 8.35. The van der Waals surface area contributed by atoms with Crippen LogP contribution in [0.15, 0.2) is 48.5 Å². The van der Waals surface area contributed by atoms with Crippen molar-refractivity contribution in [2.24, 2.45) is 0 Å². The number of nitrogens with one attached hydrogen (secondary N) is 4. The molecule has 0 aliphatic carbocycles. The Morgan fingerprint density at radius 1 is 0.577 bits per heavy atom. The summed E-state index contributed by atoms with van der Waals surface area (Å²) in [7, 11) is 0. The fourth-order valence-corrected chi connectivity index (χ4v) is 3.25. The highest BCUT2D eigenvalue weighted by Gasteiger charge is 2.06. The van der Waals surface area contributed by atoms with Gasteiger partial charge in [0.25, 0.3) is 0 Å². The molecule has 1 aliphatic heterocycles. The first kappa shape index (κ1) is 14.4. The first-order chi connectivity index (χ1) is 12.8. The van der Waals surface area contributed by atoms with Gasteiger partial charge < -0.3 is 19.9 Å². The summed E-state index contributed by atoms with van der Waals surface area (Å²) >= 11 is 0. The molecular formula is C21H15N5. The van der Waals surface area contributed by atoms with Crippen LogP contribution in [0, 0.1) is 11.3 Å². The van der Waals surface area contributed by atoms with E-state index in [4.69, 9.17) is 0 Å². The maximum absolute atomic E-state index is 9.64. The lowest BCUT2D eigenvalue weighted by Gasteiger charge is -1.93. The van der Waals surface area contributed by atoms with Gasteiger partial charge in [-0.25, -0.2) is 0 Å². The Morgan fingerprint density at radius 2 is 1.15 bits per heavy atom. The molecule has 0 spiro atoms. The molecule has 0 aromatic carbocycles. The van der Waals surface area contributed by atoms with Crippen LogP contribution in [-0.4, -0.2) is 19.9 Å². The van der Waals surface area contributed by atoms with Gasteiger partial charge in [0, 0.05) is 33.1 Å². The van der Waals surface area contributed by atoms with Crippen LogP contribution in [0.25, 0.3) is 23.8 Å². The standard InChI is InChI=1S/C21H15N5/c22-12-19-20-7-5-17(25-20)10-15-3-1-13(23-15)9-14-2-4-16(24-14)11-18-6-8-21(19)26-18/h1-11,23-26H. The molecule has 4 N–H and O–H groups in total. The van der Waals surface area contributed by atoms with Gasteiger partial charge in [-0.15, -0.1) is 0 Å². The van der Waals surface area contributed by atoms with Crippen molar-refractivity contribution in [2.45, 2.75) is 0 Å². The number of hydrogen-bond donors (Lipinski definition) is 4. The first-order valence-corrected chi connectivity index (χ1v) is 8.35. The molecule has 26 heavy (non-hydrogen) atoms. The molecule has 0 saturated carbocycles. The molecule has 8 bridgehead atoms. The van der Waals surface area contributed by atoms with Crippen molar-refractivity contribution < 1.29 is 0 Å². The zero-order valence-electron chi connectivity index (χ0n) is 13.8. The lowest BCUT2D eigenvalue weighted by atomic mass is 10.2. The molecule has 5 heteroatoms. The Labute approximate surface area is 148 Å². The molecule has 0 radical (unpaired) electrons. The number of rotatable bonds is 0. The van der Waals surface area contributed by atoms with Crippen LogP contribution >= 0.6 is 0 Å². The average Bonchev–Trinajstić information content (AvgIpc) is 3.39. The third kappa shape index (κ3) is 2.50. The molecule has 0 atom stereocenters. The Hall–Kier alpha value is -3.91. The van der Waals surface area contributed by atoms with Crippen LogP contribution in [0.5, 0.6) is 0 Å². The Morgan fingerprint density at radius 3 is 1.85 bits per heavy atom. The lowest BCUT2D eigenvalue weighted by molar-refractivity contribution is 1.22. The maximum atomic E-state index is 9.64. The highest BCUT2D eigenvalue weighted by Crippen LogP contribution is 2.10. The summed E-state index contributed by atoms with van der Waals surface area (Å²) in [5.41, 5.74) is 4.34. The van der Waals surface area contributed by atoms with Gasteiger partial charge in [0.2, 0.25) is 0 Å². The van der Waals surface area contributed by atoms with Crippen molar-refractivity contribution in [3.63, 3.8) is 0 Å². The number of hydrogen-bond acceptors (Lipinski definition) is 1. The number of nitriles is 1. The predicted molar refractivity (Wildman–Crippen MR) is 100 cm³/mol. The second-order valence-electron chi connectivity index (χ2n) is 6.31. The van der Waals surface area contributed by atoms with Gasteiger partial charge in [0.15, 0.2) is 0 Å². The summed E-state index contributed by atoms with van der Waals surface area (Å²) in [6.07, 6.45) is 6.12. The van der Waals surface area contributed by atoms with E-state index >= 15 is 0 Å². The van der Waals surface area contributed by atoms with Gasteiger partial charge in [-0.2, -0.15) is 5.26 Å². The van der Waals surface area contributed by atoms with Gasteiger partial charge in [0.05, 0.1) is 16.6 Å². The number of H-pyrrole nitrogens is 4. The highest BCUT2D eigenvalue weighted by molar-refractivity contribution is 5.74. The summed E-state index contributed by atoms with van der Waals surface area (Å²) in [5, 5.41) is 13.4. The summed E-state index contributed by atoms with van der Waals surface area (Å²) in [6, 6.07) is 18.3. The Balaban J connectivity index is 1.84. The van der Waals surface area contributed by atoms with E-state index in [1.54, 1.807) is 0 Å². The van der Waals surface area contributed by atoms with E-state index in [0.717, 1.165) is 44.2 Å². The SMILES string of the molecule is N#CC1=c2ccc([nH]2)=Cc2ccc([nH]2)C=c2ccc([nH]2)=Cc2ccc1[nH]2. The molecule has 0 amide bonds. The van der Waals surface area contributed by atoms with Crippen molar-refractivity contribution in [1.29, 1.82) is 5.26 Å². The van der Waals surface area contributed by atoms with Gasteiger partial charge in [-0.3, -0.25) is 0 Å². The molecule has 5 nitrogen and oxygen atoms in total. The average molecular weight is 337 g/mol. The summed E-state index contributed by atoms with van der Waals surface area (Å²) < 4.78 is 0. The van der Waals surface area contributed by atoms with Crippen molar-refractivity contribution in [3.8, 4) is 6.07 Å². The Bertz CT molecular complexity index is 1400. The fourth-order valence-electron chi connectivity index (χ4n) is 3.25. The Kier molecular flexibility index (Phi) is 3.09. The second kappa shape index (κ2) is 5.57. The minimum Gasteiger partial charge on any atom is -0.355 e. The lowest BCUT2D eigenvalue weighted by Crippen LogP contribution is -2.13. The minimum atomic E-state index is 0.587. The van der Waals surface area contributed by atoms with Gasteiger partial charge in [-0.05, 0) is 66.8 Å². The fraction of sp³-hybridized carbons (Fsp3) is 0. The van der Waals surface area contributed by atoms with E-state index in [0.29, 0.717) is 5.57 Å². The van der Waals surface area contributed by atoms with Crippen LogP contribution in [0.4, 0.5) is 0 Å². The van der Waals surface area contributed by atoms with E-state index < -0.39 is 0 Å². The van der Waals surface area contributed by atoms with E-state index in [9.17, 15) is 5.26 Å². The van der Waals surface area contributed by atoms with E-state index in [-0.39, 0.29) is 0 Å². The molecule has 1 aliphatic rings. The van der Waals surface area contributed by atoms with Crippen molar-refractivity contribution in [3.05, 3.63) is 92.7 Å². The van der Waals surface area contributed by atoms with E-state index in [1.165, 1.54) is 0 Å². The van der Waals surface area contributed by atoms with E-state index in [1.807, 2.05) is 60.7 Å². The zero-order chi connectivity index (χ0) is 17.5. The quantitative estimate of drug-likeness (QED) is 0.370. The predicted octanol–water partition coefficient (Wildman–Crippen LogP) is 0.521. The summed E-state index contributed by atoms with van der Waals surface area (Å²) in [4.78, 5) is 13.4. The third-order valence-corrected chi connectivity index (χ3v) is 4.46. The smallest absolute Gasteiger partial charge is 0.104 e. The zero-order valence-corrected chi connectivity index (χ0v) is 13.8. The van der Waals surface area contributed by atoms with E-state index in [2.05, 4.69) is 32.1 Å². The largest absolute Gasteiger partial charge is 0.355 e.